The molecule has 1 aromatic heterocycles. The molecule has 1 heterocycles. The van der Waals surface area contributed by atoms with Gasteiger partial charge in [-0.3, -0.25) is 0 Å². The molecule has 1 atom stereocenters. The molecule has 2 heteroatoms. The lowest BCUT2D eigenvalue weighted by Crippen LogP contribution is -2.03. The summed E-state index contributed by atoms with van der Waals surface area (Å²) in [6.45, 7) is 2.16. The van der Waals surface area contributed by atoms with Crippen LogP contribution in [0, 0.1) is 0 Å². The van der Waals surface area contributed by atoms with E-state index in [2.05, 4.69) is 41.2 Å². The molecule has 15 heavy (non-hydrogen) atoms. The maximum Gasteiger partial charge on any atom is 0.131 e. The lowest BCUT2D eigenvalue weighted by Gasteiger charge is -2.09. The predicted octanol–water partition coefficient (Wildman–Crippen LogP) is 2.82. The van der Waals surface area contributed by atoms with Gasteiger partial charge in [0.1, 0.15) is 5.82 Å². The van der Waals surface area contributed by atoms with Crippen LogP contribution in [0.4, 0.5) is 0 Å². The Morgan fingerprint density at radius 2 is 1.67 bits per heavy atom. The zero-order valence-electron chi connectivity index (χ0n) is 8.80. The van der Waals surface area contributed by atoms with Gasteiger partial charge >= 0.3 is 0 Å². The van der Waals surface area contributed by atoms with Crippen LogP contribution in [0.15, 0.2) is 48.8 Å². The summed E-state index contributed by atoms with van der Waals surface area (Å²) in [6.07, 6.45) is 4.58. The minimum Gasteiger partial charge on any atom is -0.241 e. The molecule has 0 saturated carbocycles. The molecular weight excluding hydrogens is 184 g/mol. The Morgan fingerprint density at radius 3 is 2.33 bits per heavy atom. The first kappa shape index (κ1) is 9.84. The molecule has 0 fully saturated rings. The molecule has 2 rings (SSSR count). The van der Waals surface area contributed by atoms with Crippen LogP contribution >= 0.6 is 0 Å². The van der Waals surface area contributed by atoms with E-state index in [0.717, 1.165) is 12.2 Å². The maximum atomic E-state index is 4.26. The number of rotatable bonds is 3. The highest BCUT2D eigenvalue weighted by molar-refractivity contribution is 5.17. The summed E-state index contributed by atoms with van der Waals surface area (Å²) in [4.78, 5) is 8.53. The molecule has 2 aromatic rings. The summed E-state index contributed by atoms with van der Waals surface area (Å²) in [6, 6.07) is 12.3. The van der Waals surface area contributed by atoms with Crippen molar-refractivity contribution in [2.24, 2.45) is 0 Å². The molecular formula is C13H14N2. The van der Waals surface area contributed by atoms with E-state index in [1.54, 1.807) is 12.4 Å². The fraction of sp³-hybridized carbons (Fsp3) is 0.231. The monoisotopic (exact) mass is 198 g/mol. The first-order valence-electron chi connectivity index (χ1n) is 5.17. The average Bonchev–Trinajstić information content (AvgIpc) is 2.31. The molecule has 76 valence electrons. The van der Waals surface area contributed by atoms with Crippen LogP contribution in [0.5, 0.6) is 0 Å². The zero-order chi connectivity index (χ0) is 10.5. The quantitative estimate of drug-likeness (QED) is 0.757. The third kappa shape index (κ3) is 2.62. The molecule has 0 spiro atoms. The van der Waals surface area contributed by atoms with Crippen molar-refractivity contribution in [2.45, 2.75) is 19.3 Å². The zero-order valence-corrected chi connectivity index (χ0v) is 8.80. The van der Waals surface area contributed by atoms with E-state index in [1.807, 2.05) is 12.1 Å². The summed E-state index contributed by atoms with van der Waals surface area (Å²) < 4.78 is 0. The van der Waals surface area contributed by atoms with E-state index in [4.69, 9.17) is 0 Å². The fourth-order valence-electron chi connectivity index (χ4n) is 1.62. The van der Waals surface area contributed by atoms with Crippen molar-refractivity contribution >= 4 is 0 Å². The van der Waals surface area contributed by atoms with Gasteiger partial charge in [0.15, 0.2) is 0 Å². The van der Waals surface area contributed by atoms with E-state index < -0.39 is 0 Å². The lowest BCUT2D eigenvalue weighted by atomic mass is 10.0. The second kappa shape index (κ2) is 4.69. The summed E-state index contributed by atoms with van der Waals surface area (Å²) in [7, 11) is 0. The van der Waals surface area contributed by atoms with Crippen molar-refractivity contribution in [2.75, 3.05) is 0 Å². The summed E-state index contributed by atoms with van der Waals surface area (Å²) >= 11 is 0. The van der Waals surface area contributed by atoms with Crippen LogP contribution in [0.1, 0.15) is 24.2 Å². The minimum absolute atomic E-state index is 0.369. The van der Waals surface area contributed by atoms with Crippen LogP contribution in [-0.2, 0) is 6.42 Å². The molecule has 0 aliphatic carbocycles. The second-order valence-electron chi connectivity index (χ2n) is 3.70. The van der Waals surface area contributed by atoms with Gasteiger partial charge in [-0.05, 0) is 18.1 Å². The van der Waals surface area contributed by atoms with Crippen molar-refractivity contribution in [3.8, 4) is 0 Å². The first-order chi connectivity index (χ1) is 7.36. The lowest BCUT2D eigenvalue weighted by molar-refractivity contribution is 0.697. The van der Waals surface area contributed by atoms with Gasteiger partial charge in [-0.1, -0.05) is 37.3 Å². The Hall–Kier alpha value is -1.70. The molecule has 1 aromatic carbocycles. The minimum atomic E-state index is 0.369. The Balaban J connectivity index is 2.08. The molecule has 0 radical (unpaired) electrons. The van der Waals surface area contributed by atoms with Gasteiger partial charge in [0.2, 0.25) is 0 Å². The number of aromatic nitrogens is 2. The van der Waals surface area contributed by atoms with Crippen LogP contribution < -0.4 is 0 Å². The summed E-state index contributed by atoms with van der Waals surface area (Å²) in [5, 5.41) is 0. The Kier molecular flexibility index (Phi) is 3.08. The van der Waals surface area contributed by atoms with Gasteiger partial charge in [0.05, 0.1) is 0 Å². The number of nitrogens with zero attached hydrogens (tertiary/aromatic N) is 2. The third-order valence-corrected chi connectivity index (χ3v) is 2.41. The molecule has 0 amide bonds. The van der Waals surface area contributed by atoms with Gasteiger partial charge in [-0.2, -0.15) is 0 Å². The molecule has 0 aliphatic heterocycles. The maximum absolute atomic E-state index is 4.26. The summed E-state index contributed by atoms with van der Waals surface area (Å²) in [5.74, 6) is 1.29. The molecule has 0 saturated heterocycles. The van der Waals surface area contributed by atoms with Crippen LogP contribution in [0.3, 0.4) is 0 Å². The van der Waals surface area contributed by atoms with E-state index >= 15 is 0 Å². The highest BCUT2D eigenvalue weighted by Crippen LogP contribution is 2.15. The fourth-order valence-corrected chi connectivity index (χ4v) is 1.62. The van der Waals surface area contributed by atoms with Crippen molar-refractivity contribution in [1.82, 2.24) is 9.97 Å². The van der Waals surface area contributed by atoms with E-state index in [9.17, 15) is 0 Å². The van der Waals surface area contributed by atoms with Crippen molar-refractivity contribution in [3.63, 3.8) is 0 Å². The topological polar surface area (TPSA) is 25.8 Å². The van der Waals surface area contributed by atoms with E-state index in [-0.39, 0.29) is 0 Å². The van der Waals surface area contributed by atoms with Gasteiger partial charge in [0, 0.05) is 18.3 Å². The number of benzene rings is 1. The molecule has 1 unspecified atom stereocenters. The predicted molar refractivity (Wildman–Crippen MR) is 60.6 cm³/mol. The third-order valence-electron chi connectivity index (χ3n) is 2.41. The smallest absolute Gasteiger partial charge is 0.131 e. The molecule has 0 N–H and O–H groups in total. The Labute approximate surface area is 90.0 Å². The van der Waals surface area contributed by atoms with Gasteiger partial charge in [-0.15, -0.1) is 0 Å². The summed E-state index contributed by atoms with van der Waals surface area (Å²) in [5.41, 5.74) is 1.33. The molecule has 2 nitrogen and oxygen atoms in total. The van der Waals surface area contributed by atoms with E-state index in [1.165, 1.54) is 5.56 Å². The largest absolute Gasteiger partial charge is 0.241 e. The Morgan fingerprint density at radius 1 is 1.00 bits per heavy atom. The molecule has 0 bridgehead atoms. The van der Waals surface area contributed by atoms with Gasteiger partial charge in [0.25, 0.3) is 0 Å². The van der Waals surface area contributed by atoms with Crippen LogP contribution in [0.2, 0.25) is 0 Å². The normalized spacial score (nSPS) is 12.3. The highest BCUT2D eigenvalue weighted by atomic mass is 14.9. The van der Waals surface area contributed by atoms with Crippen molar-refractivity contribution in [1.29, 1.82) is 0 Å². The standard InChI is InChI=1S/C13H14N2/c1-11(13-14-8-5-9-15-13)10-12-6-3-2-4-7-12/h2-9,11H,10H2,1H3. The number of hydrogen-bond donors (Lipinski definition) is 0. The average molecular weight is 198 g/mol. The van der Waals surface area contributed by atoms with Crippen LogP contribution in [0.25, 0.3) is 0 Å². The van der Waals surface area contributed by atoms with Crippen molar-refractivity contribution < 1.29 is 0 Å². The Bertz CT molecular complexity index is 397. The van der Waals surface area contributed by atoms with Crippen molar-refractivity contribution in [3.05, 3.63) is 60.2 Å². The van der Waals surface area contributed by atoms with Gasteiger partial charge in [-0.25, -0.2) is 9.97 Å². The molecule has 0 aliphatic rings. The second-order valence-corrected chi connectivity index (χ2v) is 3.70. The number of hydrogen-bond acceptors (Lipinski definition) is 2. The van der Waals surface area contributed by atoms with E-state index in [0.29, 0.717) is 5.92 Å². The first-order valence-corrected chi connectivity index (χ1v) is 5.17. The highest BCUT2D eigenvalue weighted by Gasteiger charge is 2.08. The SMILES string of the molecule is CC(Cc1ccccc1)c1ncccn1. The van der Waals surface area contributed by atoms with Gasteiger partial charge < -0.3 is 0 Å². The van der Waals surface area contributed by atoms with Crippen LogP contribution in [-0.4, -0.2) is 9.97 Å².